The number of halogens is 2. The van der Waals surface area contributed by atoms with E-state index in [2.05, 4.69) is 10.4 Å². The molecular formula is C19H21F2N3O3. The molecule has 6 nitrogen and oxygen atoms in total. The van der Waals surface area contributed by atoms with Crippen LogP contribution in [0.2, 0.25) is 0 Å². The molecule has 1 amide bonds. The van der Waals surface area contributed by atoms with Crippen LogP contribution in [0.25, 0.3) is 5.69 Å². The number of hydrogen-bond acceptors (Lipinski definition) is 4. The zero-order valence-electron chi connectivity index (χ0n) is 15.2. The lowest BCUT2D eigenvalue weighted by Crippen LogP contribution is -2.36. The molecule has 0 saturated heterocycles. The summed E-state index contributed by atoms with van der Waals surface area (Å²) in [6.45, 7) is 2.78. The van der Waals surface area contributed by atoms with E-state index < -0.39 is 17.6 Å². The van der Waals surface area contributed by atoms with Crippen LogP contribution in [0.15, 0.2) is 18.2 Å². The maximum absolute atomic E-state index is 14.0. The molecule has 0 atom stereocenters. The van der Waals surface area contributed by atoms with Gasteiger partial charge in [0.1, 0.15) is 17.1 Å². The Hall–Kier alpha value is -2.77. The minimum absolute atomic E-state index is 0.0232. The Morgan fingerprint density at radius 2 is 1.96 bits per heavy atom. The molecule has 1 aromatic carbocycles. The van der Waals surface area contributed by atoms with E-state index in [4.69, 9.17) is 4.74 Å². The molecule has 1 fully saturated rings. The van der Waals surface area contributed by atoms with Crippen LogP contribution in [0.5, 0.6) is 0 Å². The largest absolute Gasteiger partial charge is 0.452 e. The van der Waals surface area contributed by atoms with Gasteiger partial charge >= 0.3 is 5.97 Å². The standard InChI is InChI=1S/C19H21F2N3O3/c1-11-18(19(26)27-10-17(25)22-14-5-3-4-6-14)12(2)24(23-11)16-8-7-13(20)9-15(16)21/h7-9,14H,3-6,10H2,1-2H3,(H,22,25). The first-order chi connectivity index (χ1) is 12.9. The van der Waals surface area contributed by atoms with Gasteiger partial charge in [0.2, 0.25) is 0 Å². The highest BCUT2D eigenvalue weighted by Crippen LogP contribution is 2.21. The van der Waals surface area contributed by atoms with E-state index in [1.807, 2.05) is 0 Å². The number of nitrogens with one attached hydrogen (secondary N) is 1. The zero-order chi connectivity index (χ0) is 19.6. The van der Waals surface area contributed by atoms with E-state index in [9.17, 15) is 18.4 Å². The molecule has 0 radical (unpaired) electrons. The van der Waals surface area contributed by atoms with E-state index in [0.29, 0.717) is 11.4 Å². The summed E-state index contributed by atoms with van der Waals surface area (Å²) in [5.74, 6) is -2.55. The second kappa shape index (κ2) is 7.85. The first-order valence-corrected chi connectivity index (χ1v) is 8.85. The van der Waals surface area contributed by atoms with Crippen LogP contribution < -0.4 is 5.32 Å². The van der Waals surface area contributed by atoms with Crippen LogP contribution in [-0.4, -0.2) is 34.3 Å². The molecule has 1 aromatic heterocycles. The quantitative estimate of drug-likeness (QED) is 0.813. The number of carbonyl (C=O) groups excluding carboxylic acids is 2. The van der Waals surface area contributed by atoms with Crippen LogP contribution in [0.1, 0.15) is 47.4 Å². The highest BCUT2D eigenvalue weighted by molar-refractivity contribution is 5.93. The molecule has 3 rings (SSSR count). The van der Waals surface area contributed by atoms with Gasteiger partial charge in [-0.05, 0) is 38.8 Å². The smallest absolute Gasteiger partial charge is 0.342 e. The molecule has 0 aliphatic heterocycles. The fraction of sp³-hybridized carbons (Fsp3) is 0.421. The Bertz CT molecular complexity index is 873. The van der Waals surface area contributed by atoms with Gasteiger partial charge < -0.3 is 10.1 Å². The normalized spacial score (nSPS) is 14.4. The van der Waals surface area contributed by atoms with Crippen molar-refractivity contribution in [3.8, 4) is 5.69 Å². The van der Waals surface area contributed by atoms with E-state index in [0.717, 1.165) is 37.8 Å². The number of aryl methyl sites for hydroxylation is 1. The predicted octanol–water partition coefficient (Wildman–Crippen LogP) is 2.98. The fourth-order valence-electron chi connectivity index (χ4n) is 3.37. The highest BCUT2D eigenvalue weighted by Gasteiger charge is 2.23. The molecule has 0 bridgehead atoms. The van der Waals surface area contributed by atoms with Crippen molar-refractivity contribution in [3.63, 3.8) is 0 Å². The van der Waals surface area contributed by atoms with Gasteiger partial charge in [-0.2, -0.15) is 5.10 Å². The van der Waals surface area contributed by atoms with Gasteiger partial charge in [-0.25, -0.2) is 18.3 Å². The fourth-order valence-corrected chi connectivity index (χ4v) is 3.37. The molecule has 1 aliphatic rings. The van der Waals surface area contributed by atoms with Crippen LogP contribution in [-0.2, 0) is 9.53 Å². The molecular weight excluding hydrogens is 356 g/mol. The predicted molar refractivity (Wildman–Crippen MR) is 93.6 cm³/mol. The van der Waals surface area contributed by atoms with Gasteiger partial charge in [-0.3, -0.25) is 4.79 Å². The van der Waals surface area contributed by atoms with Gasteiger partial charge in [-0.1, -0.05) is 12.8 Å². The van der Waals surface area contributed by atoms with Crippen molar-refractivity contribution in [1.82, 2.24) is 15.1 Å². The van der Waals surface area contributed by atoms with Crippen LogP contribution >= 0.6 is 0 Å². The van der Waals surface area contributed by atoms with Crippen molar-refractivity contribution in [1.29, 1.82) is 0 Å². The second-order valence-electron chi connectivity index (χ2n) is 6.68. The lowest BCUT2D eigenvalue weighted by atomic mass is 10.2. The van der Waals surface area contributed by atoms with Crippen molar-refractivity contribution in [2.24, 2.45) is 0 Å². The Morgan fingerprint density at radius 1 is 1.26 bits per heavy atom. The maximum Gasteiger partial charge on any atom is 0.342 e. The molecule has 8 heteroatoms. The van der Waals surface area contributed by atoms with Crippen LogP contribution in [0, 0.1) is 25.5 Å². The summed E-state index contributed by atoms with van der Waals surface area (Å²) in [7, 11) is 0. The summed E-state index contributed by atoms with van der Waals surface area (Å²) in [5.41, 5.74) is 0.860. The Labute approximate surface area is 155 Å². The molecule has 0 unspecified atom stereocenters. The summed E-state index contributed by atoms with van der Waals surface area (Å²) in [6, 6.07) is 3.25. The van der Waals surface area contributed by atoms with Gasteiger partial charge in [-0.15, -0.1) is 0 Å². The first-order valence-electron chi connectivity index (χ1n) is 8.85. The third-order valence-corrected chi connectivity index (χ3v) is 4.69. The molecule has 1 aliphatic carbocycles. The molecule has 1 heterocycles. The lowest BCUT2D eigenvalue weighted by molar-refractivity contribution is -0.124. The van der Waals surface area contributed by atoms with Crippen molar-refractivity contribution < 1.29 is 23.1 Å². The summed E-state index contributed by atoms with van der Waals surface area (Å²) in [5, 5.41) is 6.99. The number of ether oxygens (including phenoxy) is 1. The molecule has 0 spiro atoms. The molecule has 1 saturated carbocycles. The topological polar surface area (TPSA) is 73.2 Å². The average molecular weight is 377 g/mol. The van der Waals surface area contributed by atoms with Gasteiger partial charge in [0, 0.05) is 12.1 Å². The van der Waals surface area contributed by atoms with E-state index >= 15 is 0 Å². The zero-order valence-corrected chi connectivity index (χ0v) is 15.2. The SMILES string of the molecule is Cc1nn(-c2ccc(F)cc2F)c(C)c1C(=O)OCC(=O)NC1CCCC1. The monoisotopic (exact) mass is 377 g/mol. The van der Waals surface area contributed by atoms with E-state index in [1.165, 1.54) is 10.7 Å². The molecule has 1 N–H and O–H groups in total. The number of benzene rings is 1. The number of amides is 1. The van der Waals surface area contributed by atoms with E-state index in [1.54, 1.807) is 13.8 Å². The Morgan fingerprint density at radius 3 is 2.63 bits per heavy atom. The first kappa shape index (κ1) is 19.0. The minimum atomic E-state index is -0.795. The van der Waals surface area contributed by atoms with Crippen molar-refractivity contribution in [3.05, 3.63) is 46.8 Å². The van der Waals surface area contributed by atoms with Crippen molar-refractivity contribution >= 4 is 11.9 Å². The second-order valence-corrected chi connectivity index (χ2v) is 6.68. The van der Waals surface area contributed by atoms with Crippen molar-refractivity contribution in [2.75, 3.05) is 6.61 Å². The number of esters is 1. The molecule has 2 aromatic rings. The van der Waals surface area contributed by atoms with Crippen molar-refractivity contribution in [2.45, 2.75) is 45.6 Å². The minimum Gasteiger partial charge on any atom is -0.452 e. The Balaban J connectivity index is 1.71. The highest BCUT2D eigenvalue weighted by atomic mass is 19.1. The van der Waals surface area contributed by atoms with Gasteiger partial charge in [0.05, 0.1) is 11.4 Å². The van der Waals surface area contributed by atoms with Crippen LogP contribution in [0.4, 0.5) is 8.78 Å². The molecule has 144 valence electrons. The maximum atomic E-state index is 14.0. The lowest BCUT2D eigenvalue weighted by Gasteiger charge is -2.12. The summed E-state index contributed by atoms with van der Waals surface area (Å²) < 4.78 is 33.5. The van der Waals surface area contributed by atoms with Gasteiger partial charge in [0.25, 0.3) is 5.91 Å². The van der Waals surface area contributed by atoms with Crippen LogP contribution in [0.3, 0.4) is 0 Å². The summed E-state index contributed by atoms with van der Waals surface area (Å²) in [6.07, 6.45) is 4.05. The summed E-state index contributed by atoms with van der Waals surface area (Å²) in [4.78, 5) is 24.3. The number of aromatic nitrogens is 2. The summed E-state index contributed by atoms with van der Waals surface area (Å²) >= 11 is 0. The van der Waals surface area contributed by atoms with Gasteiger partial charge in [0.15, 0.2) is 12.4 Å². The number of nitrogens with zero attached hydrogens (tertiary/aromatic N) is 2. The third kappa shape index (κ3) is 4.15. The number of rotatable bonds is 5. The molecule has 27 heavy (non-hydrogen) atoms. The third-order valence-electron chi connectivity index (χ3n) is 4.69. The number of hydrogen-bond donors (Lipinski definition) is 1. The number of carbonyl (C=O) groups is 2. The average Bonchev–Trinajstić information content (AvgIpc) is 3.21. The van der Waals surface area contributed by atoms with E-state index in [-0.39, 0.29) is 29.8 Å². The Kier molecular flexibility index (Phi) is 5.53.